The molecular weight excluding hydrogens is 376 g/mol. The van der Waals surface area contributed by atoms with E-state index in [4.69, 9.17) is 9.94 Å². The zero-order chi connectivity index (χ0) is 20.2. The number of hydrogen-bond donors (Lipinski definition) is 3. The number of amides is 1. The quantitative estimate of drug-likeness (QED) is 0.427. The van der Waals surface area contributed by atoms with Gasteiger partial charge < -0.3 is 14.2 Å². The molecule has 1 aliphatic heterocycles. The van der Waals surface area contributed by atoms with Gasteiger partial charge in [0.1, 0.15) is 0 Å². The summed E-state index contributed by atoms with van der Waals surface area (Å²) in [5, 5.41) is 15.5. The van der Waals surface area contributed by atoms with Crippen LogP contribution in [-0.2, 0) is 11.3 Å². The first-order valence-electron chi connectivity index (χ1n) is 9.12. The third-order valence-electron chi connectivity index (χ3n) is 4.73. The number of morpholine rings is 1. The fourth-order valence-electron chi connectivity index (χ4n) is 3.18. The van der Waals surface area contributed by atoms with Crippen LogP contribution in [0.3, 0.4) is 0 Å². The molecular formula is C19H20N6O4. The van der Waals surface area contributed by atoms with Crippen molar-refractivity contribution in [1.82, 2.24) is 25.2 Å². The smallest absolute Gasteiger partial charge is 0.293 e. The molecule has 3 aromatic rings. The van der Waals surface area contributed by atoms with Crippen molar-refractivity contribution in [3.05, 3.63) is 64.3 Å². The average Bonchev–Trinajstić information content (AvgIpc) is 3.31. The zero-order valence-electron chi connectivity index (χ0n) is 15.5. The number of nitrogens with zero attached hydrogens (tertiary/aromatic N) is 4. The van der Waals surface area contributed by atoms with Crippen molar-refractivity contribution in [3.8, 4) is 11.3 Å². The van der Waals surface area contributed by atoms with Gasteiger partial charge in [0.25, 0.3) is 11.5 Å². The molecule has 1 fully saturated rings. The SMILES string of the molecule is O=C(NO)c1ccc(Cn2cc(-c3cn[nH]c3)nc(N3CCOCC3)c2=O)cc1. The lowest BCUT2D eigenvalue weighted by Gasteiger charge is -2.28. The first kappa shape index (κ1) is 18.8. The predicted molar refractivity (Wildman–Crippen MR) is 104 cm³/mol. The Bertz CT molecular complexity index is 1040. The predicted octanol–water partition coefficient (Wildman–Crippen LogP) is 0.637. The van der Waals surface area contributed by atoms with Gasteiger partial charge >= 0.3 is 0 Å². The van der Waals surface area contributed by atoms with Gasteiger partial charge in [-0.1, -0.05) is 12.1 Å². The van der Waals surface area contributed by atoms with E-state index in [9.17, 15) is 9.59 Å². The van der Waals surface area contributed by atoms with Crippen molar-refractivity contribution >= 4 is 11.7 Å². The molecule has 0 atom stereocenters. The number of hydrogen-bond acceptors (Lipinski definition) is 7. The number of nitrogens with one attached hydrogen (secondary N) is 2. The summed E-state index contributed by atoms with van der Waals surface area (Å²) in [6, 6.07) is 6.66. The molecule has 0 radical (unpaired) electrons. The van der Waals surface area contributed by atoms with Crippen molar-refractivity contribution in [1.29, 1.82) is 0 Å². The highest BCUT2D eigenvalue weighted by Crippen LogP contribution is 2.18. The van der Waals surface area contributed by atoms with Gasteiger partial charge in [-0.3, -0.25) is 19.9 Å². The maximum atomic E-state index is 13.1. The minimum absolute atomic E-state index is 0.198. The minimum Gasteiger partial charge on any atom is -0.378 e. The summed E-state index contributed by atoms with van der Waals surface area (Å²) in [7, 11) is 0. The fraction of sp³-hybridized carbons (Fsp3) is 0.263. The summed E-state index contributed by atoms with van der Waals surface area (Å²) in [6.07, 6.45) is 5.08. The Hall–Kier alpha value is -3.50. The summed E-state index contributed by atoms with van der Waals surface area (Å²) in [4.78, 5) is 31.1. The van der Waals surface area contributed by atoms with Crippen LogP contribution in [0.5, 0.6) is 0 Å². The lowest BCUT2D eigenvalue weighted by Crippen LogP contribution is -2.41. The number of aromatic amines is 1. The van der Waals surface area contributed by atoms with Crippen LogP contribution >= 0.6 is 0 Å². The largest absolute Gasteiger partial charge is 0.378 e. The summed E-state index contributed by atoms with van der Waals surface area (Å²) in [6.45, 7) is 2.60. The van der Waals surface area contributed by atoms with Crippen LogP contribution in [0.1, 0.15) is 15.9 Å². The van der Waals surface area contributed by atoms with Gasteiger partial charge in [-0.25, -0.2) is 10.5 Å². The molecule has 29 heavy (non-hydrogen) atoms. The van der Waals surface area contributed by atoms with Gasteiger partial charge in [-0.05, 0) is 17.7 Å². The minimum atomic E-state index is -0.588. The molecule has 0 bridgehead atoms. The molecule has 1 amide bonds. The van der Waals surface area contributed by atoms with E-state index in [0.717, 1.165) is 11.1 Å². The Labute approximate surface area is 165 Å². The van der Waals surface area contributed by atoms with Gasteiger partial charge in [-0.2, -0.15) is 5.10 Å². The van der Waals surface area contributed by atoms with Crippen LogP contribution in [0, 0.1) is 0 Å². The lowest BCUT2D eigenvalue weighted by molar-refractivity contribution is 0.0706. The zero-order valence-corrected chi connectivity index (χ0v) is 15.5. The molecule has 0 saturated carbocycles. The number of carbonyl (C=O) groups is 1. The molecule has 0 spiro atoms. The van der Waals surface area contributed by atoms with E-state index in [-0.39, 0.29) is 5.56 Å². The average molecular weight is 396 g/mol. The van der Waals surface area contributed by atoms with Crippen molar-refractivity contribution in [2.24, 2.45) is 0 Å². The van der Waals surface area contributed by atoms with Crippen molar-refractivity contribution in [2.45, 2.75) is 6.54 Å². The third-order valence-corrected chi connectivity index (χ3v) is 4.73. The molecule has 10 nitrogen and oxygen atoms in total. The molecule has 2 aromatic heterocycles. The summed E-state index contributed by atoms with van der Waals surface area (Å²) >= 11 is 0. The molecule has 150 valence electrons. The Balaban J connectivity index is 1.70. The maximum Gasteiger partial charge on any atom is 0.293 e. The van der Waals surface area contributed by atoms with Crippen molar-refractivity contribution in [2.75, 3.05) is 31.2 Å². The van der Waals surface area contributed by atoms with Crippen molar-refractivity contribution in [3.63, 3.8) is 0 Å². The second kappa shape index (κ2) is 8.25. The summed E-state index contributed by atoms with van der Waals surface area (Å²) in [5.41, 5.74) is 3.98. The molecule has 3 N–H and O–H groups in total. The number of ether oxygens (including phenoxy) is 1. The van der Waals surface area contributed by atoms with E-state index in [0.29, 0.717) is 49.9 Å². The molecule has 3 heterocycles. The molecule has 1 aliphatic rings. The van der Waals surface area contributed by atoms with Crippen LogP contribution in [0.25, 0.3) is 11.3 Å². The standard InChI is InChI=1S/C19H20N6O4/c26-18(23-28)14-3-1-13(2-4-14)11-25-12-16(15-9-20-21-10-15)22-17(19(25)27)24-5-7-29-8-6-24/h1-4,9-10,12,28H,5-8,11H2,(H,20,21)(H,23,26). The van der Waals surface area contributed by atoms with Gasteiger partial charge in [-0.15, -0.1) is 0 Å². The summed E-state index contributed by atoms with van der Waals surface area (Å²) < 4.78 is 6.98. The number of H-pyrrole nitrogens is 1. The third kappa shape index (κ3) is 4.03. The van der Waals surface area contributed by atoms with Crippen LogP contribution in [0.2, 0.25) is 0 Å². The van der Waals surface area contributed by atoms with Crippen LogP contribution in [0.15, 0.2) is 47.7 Å². The van der Waals surface area contributed by atoms with Gasteiger partial charge in [0.2, 0.25) is 0 Å². The number of anilines is 1. The monoisotopic (exact) mass is 396 g/mol. The van der Waals surface area contributed by atoms with Crippen LogP contribution < -0.4 is 15.9 Å². The van der Waals surface area contributed by atoms with Crippen LogP contribution in [0.4, 0.5) is 5.82 Å². The topological polar surface area (TPSA) is 125 Å². The highest BCUT2D eigenvalue weighted by Gasteiger charge is 2.19. The van der Waals surface area contributed by atoms with Gasteiger partial charge in [0.15, 0.2) is 5.82 Å². The van der Waals surface area contributed by atoms with E-state index in [2.05, 4.69) is 15.2 Å². The van der Waals surface area contributed by atoms with E-state index >= 15 is 0 Å². The Kier molecular flexibility index (Phi) is 5.36. The number of aromatic nitrogens is 4. The highest BCUT2D eigenvalue weighted by atomic mass is 16.5. The van der Waals surface area contributed by atoms with E-state index in [1.807, 2.05) is 4.90 Å². The van der Waals surface area contributed by atoms with E-state index in [1.165, 1.54) is 0 Å². The van der Waals surface area contributed by atoms with E-state index in [1.54, 1.807) is 52.9 Å². The Morgan fingerprint density at radius 2 is 2.00 bits per heavy atom. The van der Waals surface area contributed by atoms with Crippen LogP contribution in [-0.4, -0.2) is 57.2 Å². The molecule has 1 aromatic carbocycles. The Morgan fingerprint density at radius 3 is 2.66 bits per heavy atom. The number of carbonyl (C=O) groups excluding carboxylic acids is 1. The maximum absolute atomic E-state index is 13.1. The summed E-state index contributed by atoms with van der Waals surface area (Å²) in [5.74, 6) is -0.210. The second-order valence-electron chi connectivity index (χ2n) is 6.61. The molecule has 4 rings (SSSR count). The van der Waals surface area contributed by atoms with Gasteiger partial charge in [0.05, 0.1) is 31.6 Å². The molecule has 0 unspecified atom stereocenters. The fourth-order valence-corrected chi connectivity index (χ4v) is 3.18. The Morgan fingerprint density at radius 1 is 1.24 bits per heavy atom. The first-order valence-corrected chi connectivity index (χ1v) is 9.12. The van der Waals surface area contributed by atoms with Crippen molar-refractivity contribution < 1.29 is 14.7 Å². The van der Waals surface area contributed by atoms with E-state index < -0.39 is 5.91 Å². The first-order chi connectivity index (χ1) is 14.2. The number of hydroxylamine groups is 1. The lowest BCUT2D eigenvalue weighted by atomic mass is 10.1. The number of benzene rings is 1. The molecule has 1 saturated heterocycles. The number of rotatable bonds is 5. The highest BCUT2D eigenvalue weighted by molar-refractivity contribution is 5.93. The van der Waals surface area contributed by atoms with Gasteiger partial charge in [0, 0.05) is 36.6 Å². The molecule has 10 heteroatoms. The molecule has 0 aliphatic carbocycles. The normalized spacial score (nSPS) is 14.0. The second-order valence-corrected chi connectivity index (χ2v) is 6.61.